The van der Waals surface area contributed by atoms with Crippen LogP contribution in [0.15, 0.2) is 0 Å². The van der Waals surface area contributed by atoms with Crippen LogP contribution in [0.1, 0.15) is 431 Å². The normalized spacial score (nSPS) is 12.4. The fourth-order valence-electron chi connectivity index (χ4n) is 12.1. The topological polar surface area (TPSA) is 95.9 Å². The summed E-state index contributed by atoms with van der Waals surface area (Å²) in [6.45, 7) is 5.01. The Labute approximate surface area is 496 Å². The van der Waals surface area contributed by atoms with Gasteiger partial charge in [0, 0.05) is 12.8 Å². The molecule has 0 aromatic heterocycles. The third-order valence-electron chi connectivity index (χ3n) is 17.7. The van der Waals surface area contributed by atoms with Crippen LogP contribution in [0, 0.1) is 0 Å². The van der Waals surface area contributed by atoms with E-state index in [9.17, 15) is 19.8 Å². The number of amides is 1. The minimum atomic E-state index is -0.661. The molecule has 0 radical (unpaired) electrons. The molecule has 3 N–H and O–H groups in total. The Morgan fingerprint density at radius 2 is 0.519 bits per heavy atom. The Balaban J connectivity index is 3.32. The van der Waals surface area contributed by atoms with Gasteiger partial charge < -0.3 is 20.3 Å². The number of ether oxygens (including phenoxy) is 1. The fraction of sp³-hybridized carbons (Fsp3) is 0.973. The molecular weight excluding hydrogens is 971 g/mol. The van der Waals surface area contributed by atoms with E-state index in [1.54, 1.807) is 0 Å². The van der Waals surface area contributed by atoms with Gasteiger partial charge in [-0.1, -0.05) is 393 Å². The largest absolute Gasteiger partial charge is 0.466 e. The molecule has 2 atom stereocenters. The lowest BCUT2D eigenvalue weighted by Gasteiger charge is -2.22. The molecule has 0 aliphatic carbocycles. The molecule has 0 saturated carbocycles. The molecule has 0 aromatic rings. The van der Waals surface area contributed by atoms with Gasteiger partial charge in [0.2, 0.25) is 5.91 Å². The molecule has 2 unspecified atom stereocenters. The summed E-state index contributed by atoms with van der Waals surface area (Å²) in [5, 5.41) is 23.4. The molecule has 0 spiro atoms. The molecule has 1 amide bonds. The summed E-state index contributed by atoms with van der Waals surface area (Å²) in [5.41, 5.74) is 0. The van der Waals surface area contributed by atoms with E-state index in [1.165, 1.54) is 360 Å². The van der Waals surface area contributed by atoms with Gasteiger partial charge in [0.05, 0.1) is 25.4 Å². The molecule has 79 heavy (non-hydrogen) atoms. The van der Waals surface area contributed by atoms with Crippen molar-refractivity contribution in [1.29, 1.82) is 0 Å². The Morgan fingerprint density at radius 3 is 0.772 bits per heavy atom. The van der Waals surface area contributed by atoms with Crippen LogP contribution in [-0.4, -0.2) is 47.4 Å². The van der Waals surface area contributed by atoms with E-state index in [0.717, 1.165) is 38.5 Å². The average molecular weight is 1120 g/mol. The van der Waals surface area contributed by atoms with Gasteiger partial charge in [-0.3, -0.25) is 9.59 Å². The summed E-state index contributed by atoms with van der Waals surface area (Å²) in [7, 11) is 0. The van der Waals surface area contributed by atoms with Crippen molar-refractivity contribution in [2.24, 2.45) is 0 Å². The van der Waals surface area contributed by atoms with Gasteiger partial charge in [-0.25, -0.2) is 0 Å². The van der Waals surface area contributed by atoms with Crippen molar-refractivity contribution in [2.45, 2.75) is 443 Å². The minimum Gasteiger partial charge on any atom is -0.466 e. The van der Waals surface area contributed by atoms with Crippen molar-refractivity contribution >= 4 is 11.9 Å². The summed E-state index contributed by atoms with van der Waals surface area (Å²) in [5.74, 6) is -0.00267. The van der Waals surface area contributed by atoms with Crippen molar-refractivity contribution in [3.63, 3.8) is 0 Å². The number of hydrogen-bond donors (Lipinski definition) is 3. The molecule has 0 aromatic carbocycles. The van der Waals surface area contributed by atoms with Crippen molar-refractivity contribution in [2.75, 3.05) is 13.2 Å². The van der Waals surface area contributed by atoms with Gasteiger partial charge in [0.1, 0.15) is 0 Å². The van der Waals surface area contributed by atoms with E-state index in [4.69, 9.17) is 4.74 Å². The first-order valence-electron chi connectivity index (χ1n) is 36.8. The number of carbonyl (C=O) groups excluding carboxylic acids is 2. The zero-order valence-electron chi connectivity index (χ0n) is 54.2. The van der Waals surface area contributed by atoms with Crippen molar-refractivity contribution < 1.29 is 24.5 Å². The maximum atomic E-state index is 12.5. The Morgan fingerprint density at radius 1 is 0.304 bits per heavy atom. The Bertz CT molecular complexity index is 1150. The van der Waals surface area contributed by atoms with Crippen LogP contribution in [0.5, 0.6) is 0 Å². The van der Waals surface area contributed by atoms with E-state index in [-0.39, 0.29) is 18.5 Å². The third kappa shape index (κ3) is 65.9. The molecule has 0 rings (SSSR count). The summed E-state index contributed by atoms with van der Waals surface area (Å²) in [6, 6.07) is -0.538. The number of esters is 1. The van der Waals surface area contributed by atoms with Crippen LogP contribution in [-0.2, 0) is 14.3 Å². The lowest BCUT2D eigenvalue weighted by Crippen LogP contribution is -2.45. The quantitative estimate of drug-likeness (QED) is 0.0417. The fourth-order valence-corrected chi connectivity index (χ4v) is 12.1. The molecule has 6 nitrogen and oxygen atoms in total. The van der Waals surface area contributed by atoms with Crippen LogP contribution in [0.2, 0.25) is 0 Å². The van der Waals surface area contributed by atoms with E-state index >= 15 is 0 Å². The summed E-state index contributed by atoms with van der Waals surface area (Å²) in [6.07, 6.45) is 84.5. The maximum absolute atomic E-state index is 12.5. The number of aliphatic hydroxyl groups is 2. The van der Waals surface area contributed by atoms with Crippen molar-refractivity contribution in [3.8, 4) is 0 Å². The van der Waals surface area contributed by atoms with E-state index < -0.39 is 12.1 Å². The second-order valence-corrected chi connectivity index (χ2v) is 25.6. The van der Waals surface area contributed by atoms with Gasteiger partial charge in [0.25, 0.3) is 0 Å². The van der Waals surface area contributed by atoms with Crippen LogP contribution < -0.4 is 5.32 Å². The van der Waals surface area contributed by atoms with Crippen LogP contribution in [0.4, 0.5) is 0 Å². The first-order valence-corrected chi connectivity index (χ1v) is 36.8. The number of carbonyl (C=O) groups is 2. The highest BCUT2D eigenvalue weighted by Crippen LogP contribution is 2.20. The van der Waals surface area contributed by atoms with Crippen LogP contribution in [0.3, 0.4) is 0 Å². The zero-order chi connectivity index (χ0) is 57.1. The lowest BCUT2D eigenvalue weighted by molar-refractivity contribution is -0.143. The smallest absolute Gasteiger partial charge is 0.305 e. The first-order chi connectivity index (χ1) is 39.0. The van der Waals surface area contributed by atoms with Gasteiger partial charge in [0.15, 0.2) is 0 Å². The van der Waals surface area contributed by atoms with E-state index in [2.05, 4.69) is 19.2 Å². The molecule has 0 aliphatic heterocycles. The summed E-state index contributed by atoms with van der Waals surface area (Å²) >= 11 is 0. The number of rotatable bonds is 70. The summed E-state index contributed by atoms with van der Waals surface area (Å²) < 4.78 is 5.50. The molecule has 0 heterocycles. The second-order valence-electron chi connectivity index (χ2n) is 25.6. The number of unbranched alkanes of at least 4 members (excludes halogenated alkanes) is 59. The number of aliphatic hydroxyl groups excluding tert-OH is 2. The minimum absolute atomic E-state index is 0.0238. The standard InChI is InChI=1S/C73H145NO5/c1-3-5-7-9-11-13-15-17-19-20-34-38-41-45-49-53-57-61-65-71(76)70(69-75)74-72(77)66-62-58-54-50-46-42-39-35-32-30-28-26-24-22-21-23-25-27-29-31-33-36-40-44-48-52-56-60-64-68-79-73(78)67-63-59-55-51-47-43-37-18-16-14-12-10-8-6-4-2/h70-71,75-76H,3-69H2,1-2H3,(H,74,77). The SMILES string of the molecule is CCCCCCCCCCCCCCCCCCCCC(O)C(CO)NC(=O)CCCCCCCCCCCCCCCCCCCCCCCCCCCCCCCOC(=O)CCCCCCCCCCCCCCCCC. The van der Waals surface area contributed by atoms with E-state index in [1.807, 2.05) is 0 Å². The van der Waals surface area contributed by atoms with Gasteiger partial charge in [-0.05, 0) is 25.7 Å². The van der Waals surface area contributed by atoms with Crippen LogP contribution in [0.25, 0.3) is 0 Å². The van der Waals surface area contributed by atoms with Crippen LogP contribution >= 0.6 is 0 Å². The van der Waals surface area contributed by atoms with E-state index in [0.29, 0.717) is 25.9 Å². The Kier molecular flexibility index (Phi) is 68.4. The maximum Gasteiger partial charge on any atom is 0.305 e. The van der Waals surface area contributed by atoms with Crippen molar-refractivity contribution in [3.05, 3.63) is 0 Å². The van der Waals surface area contributed by atoms with Gasteiger partial charge in [-0.2, -0.15) is 0 Å². The summed E-state index contributed by atoms with van der Waals surface area (Å²) in [4.78, 5) is 24.6. The molecule has 0 fully saturated rings. The number of nitrogens with one attached hydrogen (secondary N) is 1. The molecule has 0 aliphatic rings. The molecular formula is C73H145NO5. The average Bonchev–Trinajstić information content (AvgIpc) is 3.45. The number of hydrogen-bond acceptors (Lipinski definition) is 5. The zero-order valence-corrected chi connectivity index (χ0v) is 54.2. The highest BCUT2D eigenvalue weighted by Gasteiger charge is 2.20. The highest BCUT2D eigenvalue weighted by molar-refractivity contribution is 5.76. The van der Waals surface area contributed by atoms with Gasteiger partial charge >= 0.3 is 5.97 Å². The lowest BCUT2D eigenvalue weighted by atomic mass is 10.0. The highest BCUT2D eigenvalue weighted by atomic mass is 16.5. The molecule has 0 bridgehead atoms. The second kappa shape index (κ2) is 69.4. The predicted molar refractivity (Wildman–Crippen MR) is 347 cm³/mol. The molecule has 0 saturated heterocycles. The Hall–Kier alpha value is -1.14. The first kappa shape index (κ1) is 77.9. The molecule has 472 valence electrons. The monoisotopic (exact) mass is 1120 g/mol. The van der Waals surface area contributed by atoms with Gasteiger partial charge in [-0.15, -0.1) is 0 Å². The molecule has 6 heteroatoms. The predicted octanol–water partition coefficient (Wildman–Crippen LogP) is 23.8. The van der Waals surface area contributed by atoms with Crippen molar-refractivity contribution in [1.82, 2.24) is 5.32 Å². The third-order valence-corrected chi connectivity index (χ3v) is 17.7.